The first-order chi connectivity index (χ1) is 7.95. The highest BCUT2D eigenvalue weighted by atomic mass is 16.3. The van der Waals surface area contributed by atoms with Gasteiger partial charge in [0.15, 0.2) is 5.76 Å². The van der Waals surface area contributed by atoms with Crippen LogP contribution in [0.15, 0.2) is 10.5 Å². The lowest BCUT2D eigenvalue weighted by molar-refractivity contribution is 0.0826. The molecule has 0 saturated carbocycles. The van der Waals surface area contributed by atoms with Crippen molar-refractivity contribution in [2.24, 2.45) is 5.92 Å². The van der Waals surface area contributed by atoms with Crippen LogP contribution in [-0.4, -0.2) is 23.7 Å². The molecule has 4 nitrogen and oxygen atoms in total. The zero-order valence-corrected chi connectivity index (χ0v) is 10.9. The average molecular weight is 239 g/mol. The molecule has 0 spiro atoms. The Morgan fingerprint density at radius 2 is 2.18 bits per heavy atom. The standard InChI is InChI=1S/C13H21NO3/c1-5-8(2)11(15)7-14-13(16)12-6-9(3)10(4)17-12/h6,8,11,15H,5,7H2,1-4H3,(H,14,16). The second-order valence-electron chi connectivity index (χ2n) is 4.51. The van der Waals surface area contributed by atoms with Gasteiger partial charge in [-0.1, -0.05) is 20.3 Å². The molecule has 17 heavy (non-hydrogen) atoms. The Bertz CT molecular complexity index is 365. The monoisotopic (exact) mass is 239 g/mol. The molecule has 1 heterocycles. The molecule has 0 aliphatic rings. The minimum atomic E-state index is -0.513. The third kappa shape index (κ3) is 3.60. The molecule has 1 aromatic rings. The van der Waals surface area contributed by atoms with Gasteiger partial charge in [-0.25, -0.2) is 0 Å². The van der Waals surface area contributed by atoms with E-state index in [2.05, 4.69) is 5.32 Å². The molecule has 4 heteroatoms. The largest absolute Gasteiger partial charge is 0.456 e. The van der Waals surface area contributed by atoms with Gasteiger partial charge in [0.25, 0.3) is 5.91 Å². The summed E-state index contributed by atoms with van der Waals surface area (Å²) in [6.45, 7) is 7.93. The maximum absolute atomic E-state index is 11.7. The number of hydrogen-bond acceptors (Lipinski definition) is 3. The summed E-state index contributed by atoms with van der Waals surface area (Å²) in [6, 6.07) is 1.71. The van der Waals surface area contributed by atoms with Crippen molar-refractivity contribution in [2.45, 2.75) is 40.2 Å². The van der Waals surface area contributed by atoms with Gasteiger partial charge in [0.1, 0.15) is 5.76 Å². The number of aliphatic hydroxyl groups excluding tert-OH is 1. The molecule has 1 amide bonds. The van der Waals surface area contributed by atoms with E-state index in [1.165, 1.54) is 0 Å². The second kappa shape index (κ2) is 5.87. The summed E-state index contributed by atoms with van der Waals surface area (Å²) in [5.41, 5.74) is 0.956. The first kappa shape index (κ1) is 13.8. The lowest BCUT2D eigenvalue weighted by Crippen LogP contribution is -2.35. The predicted octanol–water partition coefficient (Wildman–Crippen LogP) is 2.03. The third-order valence-corrected chi connectivity index (χ3v) is 3.16. The van der Waals surface area contributed by atoms with Crippen molar-refractivity contribution in [3.05, 3.63) is 23.2 Å². The molecule has 0 aliphatic heterocycles. The molecule has 1 rings (SSSR count). The van der Waals surface area contributed by atoms with Crippen LogP contribution in [0.25, 0.3) is 0 Å². The first-order valence-electron chi connectivity index (χ1n) is 5.99. The van der Waals surface area contributed by atoms with Crippen LogP contribution in [-0.2, 0) is 0 Å². The van der Waals surface area contributed by atoms with Crippen molar-refractivity contribution < 1.29 is 14.3 Å². The van der Waals surface area contributed by atoms with Crippen LogP contribution in [0, 0.1) is 19.8 Å². The molecule has 0 aromatic carbocycles. The van der Waals surface area contributed by atoms with Gasteiger partial charge in [0.2, 0.25) is 0 Å². The van der Waals surface area contributed by atoms with E-state index < -0.39 is 6.10 Å². The van der Waals surface area contributed by atoms with Gasteiger partial charge in [-0.2, -0.15) is 0 Å². The van der Waals surface area contributed by atoms with Crippen LogP contribution in [0.4, 0.5) is 0 Å². The van der Waals surface area contributed by atoms with Gasteiger partial charge in [0, 0.05) is 6.54 Å². The molecule has 0 fully saturated rings. The number of hydrogen-bond donors (Lipinski definition) is 2. The molecule has 0 aliphatic carbocycles. The zero-order valence-electron chi connectivity index (χ0n) is 10.9. The number of nitrogens with one attached hydrogen (secondary N) is 1. The quantitative estimate of drug-likeness (QED) is 0.826. The number of carbonyl (C=O) groups is 1. The van der Waals surface area contributed by atoms with Crippen molar-refractivity contribution in [1.29, 1.82) is 0 Å². The topological polar surface area (TPSA) is 62.5 Å². The predicted molar refractivity (Wildman–Crippen MR) is 66.0 cm³/mol. The fraction of sp³-hybridized carbons (Fsp3) is 0.615. The van der Waals surface area contributed by atoms with Crippen LogP contribution in [0.2, 0.25) is 0 Å². The molecule has 1 aromatic heterocycles. The fourth-order valence-electron chi connectivity index (χ4n) is 1.44. The highest BCUT2D eigenvalue weighted by molar-refractivity contribution is 5.91. The van der Waals surface area contributed by atoms with Crippen molar-refractivity contribution in [3.63, 3.8) is 0 Å². The van der Waals surface area contributed by atoms with Crippen molar-refractivity contribution >= 4 is 5.91 Å². The van der Waals surface area contributed by atoms with Crippen molar-refractivity contribution in [3.8, 4) is 0 Å². The van der Waals surface area contributed by atoms with Gasteiger partial charge in [-0.3, -0.25) is 4.79 Å². The first-order valence-corrected chi connectivity index (χ1v) is 5.99. The second-order valence-corrected chi connectivity index (χ2v) is 4.51. The van der Waals surface area contributed by atoms with E-state index in [0.717, 1.165) is 17.7 Å². The molecule has 0 bridgehead atoms. The van der Waals surface area contributed by atoms with Crippen LogP contribution in [0.3, 0.4) is 0 Å². The number of rotatable bonds is 5. The van der Waals surface area contributed by atoms with E-state index >= 15 is 0 Å². The van der Waals surface area contributed by atoms with E-state index in [9.17, 15) is 9.90 Å². The summed E-state index contributed by atoms with van der Waals surface area (Å²) in [5.74, 6) is 0.952. The number of aliphatic hydroxyl groups is 1. The lowest BCUT2D eigenvalue weighted by Gasteiger charge is -2.16. The highest BCUT2D eigenvalue weighted by Gasteiger charge is 2.16. The van der Waals surface area contributed by atoms with Gasteiger partial charge in [0.05, 0.1) is 6.10 Å². The fourth-order valence-corrected chi connectivity index (χ4v) is 1.44. The van der Waals surface area contributed by atoms with Gasteiger partial charge in [-0.15, -0.1) is 0 Å². The van der Waals surface area contributed by atoms with E-state index in [1.807, 2.05) is 27.7 Å². The number of amides is 1. The lowest BCUT2D eigenvalue weighted by atomic mass is 10.0. The molecule has 2 N–H and O–H groups in total. The minimum absolute atomic E-state index is 0.176. The molecular weight excluding hydrogens is 218 g/mol. The number of furan rings is 1. The normalized spacial score (nSPS) is 14.4. The van der Waals surface area contributed by atoms with Crippen LogP contribution in [0.5, 0.6) is 0 Å². The zero-order chi connectivity index (χ0) is 13.0. The van der Waals surface area contributed by atoms with Crippen molar-refractivity contribution in [2.75, 3.05) is 6.54 Å². The van der Waals surface area contributed by atoms with Crippen LogP contribution < -0.4 is 5.32 Å². The Morgan fingerprint density at radius 3 is 2.65 bits per heavy atom. The summed E-state index contributed by atoms with van der Waals surface area (Å²) < 4.78 is 5.30. The summed E-state index contributed by atoms with van der Waals surface area (Å²) in [4.78, 5) is 11.7. The maximum atomic E-state index is 11.7. The molecule has 2 unspecified atom stereocenters. The molecule has 0 radical (unpaired) electrons. The number of aryl methyl sites for hydroxylation is 2. The minimum Gasteiger partial charge on any atom is -0.456 e. The van der Waals surface area contributed by atoms with E-state index in [0.29, 0.717) is 5.76 Å². The Labute approximate surface area is 102 Å². The summed E-state index contributed by atoms with van der Waals surface area (Å²) >= 11 is 0. The SMILES string of the molecule is CCC(C)C(O)CNC(=O)c1cc(C)c(C)o1. The van der Waals surface area contributed by atoms with E-state index in [4.69, 9.17) is 4.42 Å². The molecule has 0 saturated heterocycles. The Hall–Kier alpha value is -1.29. The molecule has 96 valence electrons. The maximum Gasteiger partial charge on any atom is 0.287 e. The highest BCUT2D eigenvalue weighted by Crippen LogP contribution is 2.13. The third-order valence-electron chi connectivity index (χ3n) is 3.16. The summed E-state index contributed by atoms with van der Waals surface area (Å²) in [6.07, 6.45) is 0.372. The van der Waals surface area contributed by atoms with Crippen molar-refractivity contribution in [1.82, 2.24) is 5.32 Å². The van der Waals surface area contributed by atoms with Gasteiger partial charge >= 0.3 is 0 Å². The van der Waals surface area contributed by atoms with Gasteiger partial charge in [-0.05, 0) is 31.4 Å². The van der Waals surface area contributed by atoms with Crippen LogP contribution in [0.1, 0.15) is 42.1 Å². The molecule has 2 atom stereocenters. The Balaban J connectivity index is 2.50. The summed E-state index contributed by atoms with van der Waals surface area (Å²) in [5, 5.41) is 12.4. The Kier molecular flexibility index (Phi) is 4.75. The van der Waals surface area contributed by atoms with E-state index in [-0.39, 0.29) is 18.4 Å². The van der Waals surface area contributed by atoms with E-state index in [1.54, 1.807) is 6.07 Å². The van der Waals surface area contributed by atoms with Crippen LogP contribution >= 0.6 is 0 Å². The van der Waals surface area contributed by atoms with Gasteiger partial charge < -0.3 is 14.8 Å². The Morgan fingerprint density at radius 1 is 1.53 bits per heavy atom. The summed E-state index contributed by atoms with van der Waals surface area (Å²) in [7, 11) is 0. The number of carbonyl (C=O) groups excluding carboxylic acids is 1. The smallest absolute Gasteiger partial charge is 0.287 e. The molecular formula is C13H21NO3. The average Bonchev–Trinajstić information content (AvgIpc) is 2.65.